The van der Waals surface area contributed by atoms with Gasteiger partial charge in [-0.2, -0.15) is 0 Å². The number of carbonyl (C=O) groups is 2. The zero-order valence-corrected chi connectivity index (χ0v) is 19.8. The number of ether oxygens (including phenoxy) is 1. The smallest absolute Gasteiger partial charge is 0.300 e. The number of hydrogen-bond donors (Lipinski definition) is 2. The third kappa shape index (κ3) is 4.79. The van der Waals surface area contributed by atoms with Crippen molar-refractivity contribution < 1.29 is 27.9 Å². The fourth-order valence-corrected chi connectivity index (χ4v) is 4.35. The number of amides is 1. The van der Waals surface area contributed by atoms with Crippen LogP contribution in [0.25, 0.3) is 5.76 Å². The standard InChI is InChI=1S/C25H23N3O6S/c1-15(2)34-18-10-6-16(7-11-18)23(29)21-22(20-5-3-4-14-27-20)28(25(31)24(21)30)17-8-12-19(13-9-17)35(26,32)33/h3-15,22,29H,1-2H3,(H2,26,32,33)/b23-21+. The van der Waals surface area contributed by atoms with Crippen LogP contribution in [0.1, 0.15) is 31.1 Å². The average Bonchev–Trinajstić information content (AvgIpc) is 3.09. The van der Waals surface area contributed by atoms with Crippen LogP contribution in [0, 0.1) is 0 Å². The highest BCUT2D eigenvalue weighted by molar-refractivity contribution is 7.89. The second kappa shape index (κ2) is 9.32. The van der Waals surface area contributed by atoms with Crippen molar-refractivity contribution in [2.24, 2.45) is 5.14 Å². The second-order valence-corrected chi connectivity index (χ2v) is 9.72. The number of rotatable bonds is 6. The van der Waals surface area contributed by atoms with Crippen LogP contribution in [-0.2, 0) is 19.6 Å². The highest BCUT2D eigenvalue weighted by atomic mass is 32.2. The number of Topliss-reactive ketones (excluding diaryl/α,β-unsaturated/α-hetero) is 1. The van der Waals surface area contributed by atoms with E-state index in [4.69, 9.17) is 9.88 Å². The van der Waals surface area contributed by atoms with Gasteiger partial charge in [0.05, 0.1) is 22.3 Å². The molecule has 35 heavy (non-hydrogen) atoms. The van der Waals surface area contributed by atoms with Gasteiger partial charge in [0, 0.05) is 17.4 Å². The highest BCUT2D eigenvalue weighted by Crippen LogP contribution is 2.41. The molecule has 0 bridgehead atoms. The van der Waals surface area contributed by atoms with E-state index in [0.717, 1.165) is 0 Å². The Morgan fingerprint density at radius 2 is 1.69 bits per heavy atom. The molecule has 1 saturated heterocycles. The molecular weight excluding hydrogens is 470 g/mol. The Balaban J connectivity index is 1.84. The summed E-state index contributed by atoms with van der Waals surface area (Å²) in [6.45, 7) is 3.77. The van der Waals surface area contributed by atoms with Crippen molar-refractivity contribution in [1.82, 2.24) is 4.98 Å². The molecular formula is C25H23N3O6S. The first kappa shape index (κ1) is 24.1. The maximum absolute atomic E-state index is 13.1. The van der Waals surface area contributed by atoms with Crippen molar-refractivity contribution >= 4 is 33.2 Å². The summed E-state index contributed by atoms with van der Waals surface area (Å²) in [5.74, 6) is -1.55. The summed E-state index contributed by atoms with van der Waals surface area (Å²) in [7, 11) is -3.95. The summed E-state index contributed by atoms with van der Waals surface area (Å²) in [6.07, 6.45) is 1.47. The number of primary sulfonamides is 1. The van der Waals surface area contributed by atoms with E-state index in [1.54, 1.807) is 42.5 Å². The van der Waals surface area contributed by atoms with Crippen LogP contribution in [0.5, 0.6) is 5.75 Å². The van der Waals surface area contributed by atoms with E-state index in [-0.39, 0.29) is 28.0 Å². The molecule has 1 aromatic heterocycles. The van der Waals surface area contributed by atoms with Gasteiger partial charge in [0.1, 0.15) is 17.6 Å². The lowest BCUT2D eigenvalue weighted by molar-refractivity contribution is -0.132. The van der Waals surface area contributed by atoms with Gasteiger partial charge in [0.15, 0.2) is 0 Å². The molecule has 0 spiro atoms. The summed E-state index contributed by atoms with van der Waals surface area (Å²) in [5.41, 5.74) is 0.782. The van der Waals surface area contributed by atoms with Gasteiger partial charge < -0.3 is 9.84 Å². The van der Waals surface area contributed by atoms with E-state index < -0.39 is 27.8 Å². The fraction of sp³-hybridized carbons (Fsp3) is 0.160. The molecule has 180 valence electrons. The van der Waals surface area contributed by atoms with E-state index in [0.29, 0.717) is 17.0 Å². The molecule has 1 unspecified atom stereocenters. The van der Waals surface area contributed by atoms with Crippen molar-refractivity contribution in [2.75, 3.05) is 4.90 Å². The molecule has 1 aliphatic rings. The zero-order chi connectivity index (χ0) is 25.3. The van der Waals surface area contributed by atoms with Gasteiger partial charge in [-0.15, -0.1) is 0 Å². The highest BCUT2D eigenvalue weighted by Gasteiger charge is 2.47. The molecule has 0 saturated carbocycles. The molecule has 1 atom stereocenters. The van der Waals surface area contributed by atoms with Crippen molar-refractivity contribution in [3.8, 4) is 5.75 Å². The Bertz CT molecular complexity index is 1400. The number of hydrogen-bond acceptors (Lipinski definition) is 7. The van der Waals surface area contributed by atoms with Crippen LogP contribution >= 0.6 is 0 Å². The van der Waals surface area contributed by atoms with E-state index in [9.17, 15) is 23.1 Å². The van der Waals surface area contributed by atoms with Crippen LogP contribution in [0.4, 0.5) is 5.69 Å². The van der Waals surface area contributed by atoms with E-state index >= 15 is 0 Å². The molecule has 1 aliphatic heterocycles. The second-order valence-electron chi connectivity index (χ2n) is 8.15. The first-order valence-corrected chi connectivity index (χ1v) is 12.2. The number of sulfonamides is 1. The minimum absolute atomic E-state index is 0.0374. The van der Waals surface area contributed by atoms with Crippen LogP contribution in [0.3, 0.4) is 0 Å². The van der Waals surface area contributed by atoms with Gasteiger partial charge in [-0.05, 0) is 74.5 Å². The van der Waals surface area contributed by atoms with Gasteiger partial charge in [0.2, 0.25) is 10.0 Å². The number of ketones is 1. The number of aliphatic hydroxyl groups is 1. The zero-order valence-electron chi connectivity index (χ0n) is 19.0. The average molecular weight is 494 g/mol. The molecule has 10 heteroatoms. The first-order valence-electron chi connectivity index (χ1n) is 10.7. The Morgan fingerprint density at radius 3 is 2.23 bits per heavy atom. The van der Waals surface area contributed by atoms with Crippen molar-refractivity contribution in [3.05, 3.63) is 89.8 Å². The number of carbonyl (C=O) groups excluding carboxylic acids is 2. The number of nitrogens with two attached hydrogens (primary N) is 1. The molecule has 2 aromatic carbocycles. The Labute approximate surface area is 202 Å². The monoisotopic (exact) mass is 493 g/mol. The molecule has 2 heterocycles. The third-order valence-electron chi connectivity index (χ3n) is 5.36. The minimum atomic E-state index is -3.95. The third-order valence-corrected chi connectivity index (χ3v) is 6.28. The van der Waals surface area contributed by atoms with Gasteiger partial charge in [-0.1, -0.05) is 6.07 Å². The summed E-state index contributed by atoms with van der Waals surface area (Å²) < 4.78 is 28.9. The summed E-state index contributed by atoms with van der Waals surface area (Å²) >= 11 is 0. The predicted molar refractivity (Wildman–Crippen MR) is 129 cm³/mol. The van der Waals surface area contributed by atoms with E-state index in [1.165, 1.54) is 35.4 Å². The number of nitrogens with zero attached hydrogens (tertiary/aromatic N) is 2. The largest absolute Gasteiger partial charge is 0.507 e. The van der Waals surface area contributed by atoms with Crippen molar-refractivity contribution in [2.45, 2.75) is 30.9 Å². The lowest BCUT2D eigenvalue weighted by Crippen LogP contribution is -2.29. The summed E-state index contributed by atoms with van der Waals surface area (Å²) in [6, 6.07) is 15.7. The Morgan fingerprint density at radius 1 is 1.03 bits per heavy atom. The number of aliphatic hydroxyl groups excluding tert-OH is 1. The molecule has 1 fully saturated rings. The van der Waals surface area contributed by atoms with Gasteiger partial charge in [-0.3, -0.25) is 19.5 Å². The van der Waals surface area contributed by atoms with Crippen LogP contribution in [-0.4, -0.2) is 36.3 Å². The van der Waals surface area contributed by atoms with E-state index in [1.807, 2.05) is 13.8 Å². The molecule has 4 rings (SSSR count). The topological polar surface area (TPSA) is 140 Å². The van der Waals surface area contributed by atoms with E-state index in [2.05, 4.69) is 4.98 Å². The normalized spacial score (nSPS) is 17.7. The summed E-state index contributed by atoms with van der Waals surface area (Å²) in [5, 5.41) is 16.3. The lowest BCUT2D eigenvalue weighted by atomic mass is 9.98. The lowest BCUT2D eigenvalue weighted by Gasteiger charge is -2.24. The molecule has 3 N–H and O–H groups in total. The Hall–Kier alpha value is -4.02. The number of benzene rings is 2. The number of pyridine rings is 1. The number of anilines is 1. The van der Waals surface area contributed by atoms with Crippen molar-refractivity contribution in [3.63, 3.8) is 0 Å². The molecule has 1 amide bonds. The first-order chi connectivity index (χ1) is 16.6. The minimum Gasteiger partial charge on any atom is -0.507 e. The molecule has 0 aliphatic carbocycles. The van der Waals surface area contributed by atoms with Gasteiger partial charge in [0.25, 0.3) is 11.7 Å². The van der Waals surface area contributed by atoms with Crippen LogP contribution in [0.2, 0.25) is 0 Å². The SMILES string of the molecule is CC(C)Oc1ccc(/C(O)=C2\C(=O)C(=O)N(c3ccc(S(N)(=O)=O)cc3)C2c2ccccn2)cc1. The molecule has 9 nitrogen and oxygen atoms in total. The fourth-order valence-electron chi connectivity index (χ4n) is 3.83. The number of aromatic nitrogens is 1. The quantitative estimate of drug-likeness (QED) is 0.305. The van der Waals surface area contributed by atoms with Crippen LogP contribution < -0.4 is 14.8 Å². The van der Waals surface area contributed by atoms with Crippen LogP contribution in [0.15, 0.2) is 83.4 Å². The maximum Gasteiger partial charge on any atom is 0.300 e. The Kier molecular flexibility index (Phi) is 6.42. The summed E-state index contributed by atoms with van der Waals surface area (Å²) in [4.78, 5) is 31.6. The molecule has 0 radical (unpaired) electrons. The maximum atomic E-state index is 13.1. The van der Waals surface area contributed by atoms with Gasteiger partial charge >= 0.3 is 0 Å². The van der Waals surface area contributed by atoms with Crippen molar-refractivity contribution in [1.29, 1.82) is 0 Å². The molecule has 3 aromatic rings. The predicted octanol–water partition coefficient (Wildman–Crippen LogP) is 3.14. The van der Waals surface area contributed by atoms with Gasteiger partial charge in [-0.25, -0.2) is 13.6 Å².